The quantitative estimate of drug-likeness (QED) is 0.743. The van der Waals surface area contributed by atoms with Gasteiger partial charge in [-0.25, -0.2) is 0 Å². The van der Waals surface area contributed by atoms with Crippen LogP contribution in [0.3, 0.4) is 0 Å². The first-order valence-electron chi connectivity index (χ1n) is 4.21. The van der Waals surface area contributed by atoms with Crippen molar-refractivity contribution in [3.05, 3.63) is 30.4 Å². The minimum Gasteiger partial charge on any atom is -0.392 e. The van der Waals surface area contributed by atoms with Crippen molar-refractivity contribution < 1.29 is 5.11 Å². The Balaban J connectivity index is 2.51. The Bertz CT molecular complexity index is 424. The van der Waals surface area contributed by atoms with E-state index in [1.165, 1.54) is 0 Å². The van der Waals surface area contributed by atoms with Crippen LogP contribution in [0.25, 0.3) is 11.4 Å². The zero-order valence-electron chi connectivity index (χ0n) is 7.75. The zero-order valence-corrected chi connectivity index (χ0v) is 7.75. The highest BCUT2D eigenvalue weighted by atomic mass is 16.3. The largest absolute Gasteiger partial charge is 0.392 e. The van der Waals surface area contributed by atoms with E-state index in [1.807, 2.05) is 0 Å². The molecule has 72 valence electrons. The van der Waals surface area contributed by atoms with Crippen molar-refractivity contribution in [2.24, 2.45) is 7.05 Å². The van der Waals surface area contributed by atoms with Crippen LogP contribution in [0.15, 0.2) is 24.8 Å². The number of rotatable bonds is 2. The number of aliphatic hydroxyl groups excluding tert-OH is 1. The SMILES string of the molecule is Cn1cc(CO)c(-c2cnccn2)n1. The normalized spacial score (nSPS) is 10.4. The standard InChI is InChI=1S/C9H10N4O/c1-13-5-7(6-14)9(12-13)8-4-10-2-3-11-8/h2-5,14H,6H2,1H3. The van der Waals surface area contributed by atoms with Gasteiger partial charge in [-0.05, 0) is 0 Å². The maximum absolute atomic E-state index is 9.09. The van der Waals surface area contributed by atoms with Gasteiger partial charge in [0.1, 0.15) is 11.4 Å². The van der Waals surface area contributed by atoms with Crippen molar-refractivity contribution in [1.82, 2.24) is 19.7 Å². The average molecular weight is 190 g/mol. The summed E-state index contributed by atoms with van der Waals surface area (Å²) in [6.07, 6.45) is 6.60. The summed E-state index contributed by atoms with van der Waals surface area (Å²) in [6.45, 7) is -0.0419. The maximum atomic E-state index is 9.09. The fourth-order valence-electron chi connectivity index (χ4n) is 1.29. The molecule has 5 nitrogen and oxygen atoms in total. The van der Waals surface area contributed by atoms with Crippen molar-refractivity contribution in [3.63, 3.8) is 0 Å². The molecule has 0 aliphatic heterocycles. The molecule has 2 heterocycles. The van der Waals surface area contributed by atoms with Gasteiger partial charge in [0.15, 0.2) is 0 Å². The van der Waals surface area contributed by atoms with Crippen LogP contribution < -0.4 is 0 Å². The Morgan fingerprint density at radius 1 is 1.43 bits per heavy atom. The summed E-state index contributed by atoms with van der Waals surface area (Å²) in [5.74, 6) is 0. The molecule has 2 aromatic heterocycles. The molecule has 0 radical (unpaired) electrons. The van der Waals surface area contributed by atoms with Gasteiger partial charge < -0.3 is 5.11 Å². The first-order valence-corrected chi connectivity index (χ1v) is 4.21. The average Bonchev–Trinajstić information content (AvgIpc) is 2.61. The predicted octanol–water partition coefficient (Wildman–Crippen LogP) is 0.369. The lowest BCUT2D eigenvalue weighted by Crippen LogP contribution is -1.91. The summed E-state index contributed by atoms with van der Waals surface area (Å²) in [4.78, 5) is 8.07. The first kappa shape index (κ1) is 8.83. The Hall–Kier alpha value is -1.75. The molecule has 0 atom stereocenters. The number of nitrogens with zero attached hydrogens (tertiary/aromatic N) is 4. The van der Waals surface area contributed by atoms with Gasteiger partial charge in [-0.1, -0.05) is 0 Å². The first-order chi connectivity index (χ1) is 6.81. The second kappa shape index (κ2) is 3.55. The van der Waals surface area contributed by atoms with E-state index >= 15 is 0 Å². The molecule has 14 heavy (non-hydrogen) atoms. The van der Waals surface area contributed by atoms with E-state index < -0.39 is 0 Å². The number of aliphatic hydroxyl groups is 1. The van der Waals surface area contributed by atoms with Gasteiger partial charge in [0.2, 0.25) is 0 Å². The minimum absolute atomic E-state index is 0.0419. The highest BCUT2D eigenvalue weighted by Gasteiger charge is 2.09. The van der Waals surface area contributed by atoms with Gasteiger partial charge in [-0.15, -0.1) is 0 Å². The van der Waals surface area contributed by atoms with E-state index in [2.05, 4.69) is 15.1 Å². The van der Waals surface area contributed by atoms with Crippen LogP contribution in [-0.4, -0.2) is 24.9 Å². The molecule has 0 aliphatic carbocycles. The van der Waals surface area contributed by atoms with Crippen LogP contribution in [-0.2, 0) is 13.7 Å². The Morgan fingerprint density at radius 2 is 2.29 bits per heavy atom. The maximum Gasteiger partial charge on any atom is 0.118 e. The molecule has 0 saturated heterocycles. The predicted molar refractivity (Wildman–Crippen MR) is 50.2 cm³/mol. The van der Waals surface area contributed by atoms with Crippen LogP contribution in [0.5, 0.6) is 0 Å². The molecule has 0 bridgehead atoms. The monoisotopic (exact) mass is 190 g/mol. The molecular formula is C9H10N4O. The lowest BCUT2D eigenvalue weighted by atomic mass is 10.2. The minimum atomic E-state index is -0.0419. The van der Waals surface area contributed by atoms with Crippen LogP contribution >= 0.6 is 0 Å². The van der Waals surface area contributed by atoms with Crippen molar-refractivity contribution in [2.45, 2.75) is 6.61 Å². The van der Waals surface area contributed by atoms with E-state index in [1.54, 1.807) is 36.5 Å². The number of hydrogen-bond donors (Lipinski definition) is 1. The lowest BCUT2D eigenvalue weighted by molar-refractivity contribution is 0.282. The van der Waals surface area contributed by atoms with Crippen molar-refractivity contribution >= 4 is 0 Å². The second-order valence-electron chi connectivity index (χ2n) is 2.93. The highest BCUT2D eigenvalue weighted by Crippen LogP contribution is 2.18. The van der Waals surface area contributed by atoms with Crippen molar-refractivity contribution in [1.29, 1.82) is 0 Å². The molecule has 2 aromatic rings. The highest BCUT2D eigenvalue weighted by molar-refractivity contribution is 5.56. The van der Waals surface area contributed by atoms with Gasteiger partial charge in [0.25, 0.3) is 0 Å². The molecule has 0 unspecified atom stereocenters. The molecular weight excluding hydrogens is 180 g/mol. The molecule has 1 N–H and O–H groups in total. The summed E-state index contributed by atoms with van der Waals surface area (Å²) in [7, 11) is 1.80. The van der Waals surface area contributed by atoms with E-state index in [9.17, 15) is 0 Å². The molecule has 2 rings (SSSR count). The van der Waals surface area contributed by atoms with Gasteiger partial charge in [0.05, 0.1) is 12.8 Å². The van der Waals surface area contributed by atoms with E-state index in [0.717, 1.165) is 5.56 Å². The molecule has 0 aromatic carbocycles. The zero-order chi connectivity index (χ0) is 9.97. The van der Waals surface area contributed by atoms with Crippen LogP contribution in [0.2, 0.25) is 0 Å². The topological polar surface area (TPSA) is 63.8 Å². The molecule has 0 spiro atoms. The number of hydrogen-bond acceptors (Lipinski definition) is 4. The Labute approximate surface area is 81.1 Å². The van der Waals surface area contributed by atoms with E-state index in [0.29, 0.717) is 11.4 Å². The fourth-order valence-corrected chi connectivity index (χ4v) is 1.29. The van der Waals surface area contributed by atoms with Gasteiger partial charge in [-0.3, -0.25) is 14.6 Å². The summed E-state index contributed by atoms with van der Waals surface area (Å²) < 4.78 is 1.65. The summed E-state index contributed by atoms with van der Waals surface area (Å²) in [5, 5.41) is 13.3. The third-order valence-electron chi connectivity index (χ3n) is 1.88. The van der Waals surface area contributed by atoms with Crippen molar-refractivity contribution in [3.8, 4) is 11.4 Å². The van der Waals surface area contributed by atoms with E-state index in [-0.39, 0.29) is 6.61 Å². The Kier molecular flexibility index (Phi) is 2.24. The van der Waals surface area contributed by atoms with Gasteiger partial charge in [0, 0.05) is 31.2 Å². The van der Waals surface area contributed by atoms with Crippen LogP contribution in [0, 0.1) is 0 Å². The summed E-state index contributed by atoms with van der Waals surface area (Å²) in [6, 6.07) is 0. The van der Waals surface area contributed by atoms with E-state index in [4.69, 9.17) is 5.11 Å². The summed E-state index contributed by atoms with van der Waals surface area (Å²) in [5.41, 5.74) is 2.12. The molecule has 0 amide bonds. The van der Waals surface area contributed by atoms with Crippen LogP contribution in [0.1, 0.15) is 5.56 Å². The molecule has 5 heteroatoms. The lowest BCUT2D eigenvalue weighted by Gasteiger charge is -1.96. The van der Waals surface area contributed by atoms with Crippen molar-refractivity contribution in [2.75, 3.05) is 0 Å². The van der Waals surface area contributed by atoms with Gasteiger partial charge in [-0.2, -0.15) is 5.10 Å². The number of aromatic nitrogens is 4. The Morgan fingerprint density at radius 3 is 2.93 bits per heavy atom. The third kappa shape index (κ3) is 1.49. The summed E-state index contributed by atoms with van der Waals surface area (Å²) >= 11 is 0. The third-order valence-corrected chi connectivity index (χ3v) is 1.88. The fraction of sp³-hybridized carbons (Fsp3) is 0.222. The molecule has 0 fully saturated rings. The molecule has 0 aliphatic rings. The molecule has 0 saturated carbocycles. The smallest absolute Gasteiger partial charge is 0.118 e. The second-order valence-corrected chi connectivity index (χ2v) is 2.93. The van der Waals surface area contributed by atoms with Gasteiger partial charge >= 0.3 is 0 Å². The number of aryl methyl sites for hydroxylation is 1. The van der Waals surface area contributed by atoms with Crippen LogP contribution in [0.4, 0.5) is 0 Å².